The molecular weight excluding hydrogens is 412 g/mol. The van der Waals surface area contributed by atoms with E-state index in [4.69, 9.17) is 9.88 Å². The summed E-state index contributed by atoms with van der Waals surface area (Å²) in [5.41, 5.74) is 4.43. The fourth-order valence-corrected chi connectivity index (χ4v) is 4.44. The number of sulfonamides is 1. The first kappa shape index (κ1) is 21.0. The number of carbonyl (C=O) groups is 1. The van der Waals surface area contributed by atoms with Crippen LogP contribution in [-0.4, -0.2) is 26.5 Å². The number of hydrogen-bond acceptors (Lipinski definition) is 7. The lowest BCUT2D eigenvalue weighted by Crippen LogP contribution is -2.23. The Morgan fingerprint density at radius 1 is 1.14 bits per heavy atom. The second-order valence-corrected chi connectivity index (χ2v) is 9.14. The summed E-state index contributed by atoms with van der Waals surface area (Å²) in [6, 6.07) is 6.36. The van der Waals surface area contributed by atoms with E-state index in [1.54, 1.807) is 12.1 Å². The average Bonchev–Trinajstić information content (AvgIpc) is 3.12. The van der Waals surface area contributed by atoms with E-state index in [1.165, 1.54) is 30.5 Å². The Morgan fingerprint density at radius 3 is 2.38 bits per heavy atom. The monoisotopic (exact) mass is 434 g/mol. The van der Waals surface area contributed by atoms with Gasteiger partial charge in [0, 0.05) is 19.2 Å². The summed E-state index contributed by atoms with van der Waals surface area (Å²) in [6.07, 6.45) is -0.513. The van der Waals surface area contributed by atoms with Gasteiger partial charge < -0.3 is 15.4 Å². The summed E-state index contributed by atoms with van der Waals surface area (Å²) in [4.78, 5) is 16.4. The van der Waals surface area contributed by atoms with Gasteiger partial charge in [-0.3, -0.25) is 0 Å². The lowest BCUT2D eigenvalue weighted by atomic mass is 10.0. The van der Waals surface area contributed by atoms with Crippen LogP contribution in [0.25, 0.3) is 10.2 Å². The maximum Gasteiger partial charge on any atom is 0.412 e. The summed E-state index contributed by atoms with van der Waals surface area (Å²) in [5.74, 6) is 0.545. The van der Waals surface area contributed by atoms with Crippen LogP contribution in [0.5, 0.6) is 5.75 Å². The number of primary sulfonamides is 1. The normalized spacial score (nSPS) is 11.5. The molecule has 10 heteroatoms. The van der Waals surface area contributed by atoms with Gasteiger partial charge >= 0.3 is 6.09 Å². The topological polar surface area (TPSA) is 123 Å². The van der Waals surface area contributed by atoms with Gasteiger partial charge in [0.2, 0.25) is 10.0 Å². The third kappa shape index (κ3) is 4.34. The van der Waals surface area contributed by atoms with Crippen LogP contribution in [0, 0.1) is 20.8 Å². The number of carbonyl (C=O) groups excluding carboxylic acids is 1. The average molecular weight is 435 g/mol. The van der Waals surface area contributed by atoms with Crippen LogP contribution >= 0.6 is 11.3 Å². The van der Waals surface area contributed by atoms with Gasteiger partial charge in [-0.2, -0.15) is 0 Å². The Kier molecular flexibility index (Phi) is 5.78. The molecule has 0 saturated heterocycles. The van der Waals surface area contributed by atoms with Crippen LogP contribution in [0.4, 0.5) is 9.93 Å². The lowest BCUT2D eigenvalue weighted by molar-refractivity contribution is 0.202. The molecule has 0 spiro atoms. The van der Waals surface area contributed by atoms with E-state index in [9.17, 15) is 13.2 Å². The van der Waals surface area contributed by atoms with E-state index in [0.29, 0.717) is 12.3 Å². The first-order valence-electron chi connectivity index (χ1n) is 8.77. The van der Waals surface area contributed by atoms with E-state index in [-0.39, 0.29) is 4.90 Å². The molecule has 0 radical (unpaired) electrons. The van der Waals surface area contributed by atoms with Gasteiger partial charge in [0.1, 0.15) is 5.75 Å². The third-order valence-corrected chi connectivity index (χ3v) is 6.72. The van der Waals surface area contributed by atoms with Crippen molar-refractivity contribution in [3.8, 4) is 5.75 Å². The van der Waals surface area contributed by atoms with Gasteiger partial charge in [-0.1, -0.05) is 23.5 Å². The van der Waals surface area contributed by atoms with Crippen LogP contribution in [0.15, 0.2) is 29.2 Å². The van der Waals surface area contributed by atoms with Crippen molar-refractivity contribution in [3.05, 3.63) is 46.5 Å². The minimum Gasteiger partial charge on any atom is -0.410 e. The summed E-state index contributed by atoms with van der Waals surface area (Å²) in [7, 11) is -2.19. The number of anilines is 1. The molecule has 0 fully saturated rings. The number of nitrogens with zero attached hydrogens (tertiary/aromatic N) is 1. The second kappa shape index (κ2) is 7.97. The first-order chi connectivity index (χ1) is 13.6. The molecule has 0 saturated carbocycles. The molecule has 0 aliphatic heterocycles. The first-order valence-corrected chi connectivity index (χ1v) is 11.1. The molecule has 8 nitrogen and oxygen atoms in total. The molecule has 29 heavy (non-hydrogen) atoms. The quantitative estimate of drug-likeness (QED) is 0.567. The highest BCUT2D eigenvalue weighted by atomic mass is 32.2. The fraction of sp³-hybridized carbons (Fsp3) is 0.263. The van der Waals surface area contributed by atoms with Gasteiger partial charge in [-0.05, 0) is 49.6 Å². The number of nitrogens with two attached hydrogens (primary N) is 1. The van der Waals surface area contributed by atoms with Crippen molar-refractivity contribution in [2.24, 2.45) is 5.14 Å². The third-order valence-electron chi connectivity index (χ3n) is 4.66. The maximum atomic E-state index is 11.7. The highest BCUT2D eigenvalue weighted by Crippen LogP contribution is 2.39. The molecule has 0 atom stereocenters. The molecule has 0 bridgehead atoms. The van der Waals surface area contributed by atoms with Crippen LogP contribution in [0.1, 0.15) is 22.3 Å². The molecule has 3 aromatic rings. The highest BCUT2D eigenvalue weighted by molar-refractivity contribution is 7.89. The minimum atomic E-state index is -3.70. The molecule has 1 amide bonds. The molecule has 0 unspecified atom stereocenters. The van der Waals surface area contributed by atoms with E-state index in [2.05, 4.69) is 15.6 Å². The largest absolute Gasteiger partial charge is 0.412 e. The van der Waals surface area contributed by atoms with Crippen molar-refractivity contribution >= 4 is 42.8 Å². The van der Waals surface area contributed by atoms with Crippen LogP contribution < -0.4 is 20.5 Å². The van der Waals surface area contributed by atoms with Crippen LogP contribution in [0.2, 0.25) is 0 Å². The number of rotatable bonds is 5. The fourth-order valence-electron chi connectivity index (χ4n) is 2.91. The Labute approximate surface area is 173 Å². The zero-order chi connectivity index (χ0) is 21.3. The van der Waals surface area contributed by atoms with E-state index >= 15 is 0 Å². The Morgan fingerprint density at radius 2 is 1.79 bits per heavy atom. The van der Waals surface area contributed by atoms with Crippen LogP contribution in [0.3, 0.4) is 0 Å². The van der Waals surface area contributed by atoms with Crippen molar-refractivity contribution < 1.29 is 17.9 Å². The van der Waals surface area contributed by atoms with Gasteiger partial charge in [0.05, 0.1) is 15.1 Å². The molecule has 0 aliphatic carbocycles. The SMILES string of the molecule is CNC(=O)Oc1c(C)c(C)c2nc(NCc3ccc(S(N)(=O)=O)cc3)sc2c1C. The number of aryl methyl sites for hydroxylation is 2. The summed E-state index contributed by atoms with van der Waals surface area (Å²) < 4.78 is 29.1. The Bertz CT molecular complexity index is 1190. The van der Waals surface area contributed by atoms with Crippen molar-refractivity contribution in [2.45, 2.75) is 32.2 Å². The van der Waals surface area contributed by atoms with E-state index in [1.807, 2.05) is 20.8 Å². The second-order valence-electron chi connectivity index (χ2n) is 6.58. The molecule has 1 heterocycles. The van der Waals surface area contributed by atoms with Gasteiger partial charge in [0.15, 0.2) is 5.13 Å². The van der Waals surface area contributed by atoms with Crippen LogP contribution in [-0.2, 0) is 16.6 Å². The standard InChI is InChI=1S/C19H22N4O4S2/c1-10-11(2)16(27-19(24)21-4)12(3)17-15(10)23-18(28-17)22-9-13-5-7-14(8-6-13)29(20,25)26/h5-8H,9H2,1-4H3,(H,21,24)(H,22,23)(H2,20,25,26). The summed E-state index contributed by atoms with van der Waals surface area (Å²) in [5, 5.41) is 11.6. The van der Waals surface area contributed by atoms with Crippen molar-refractivity contribution in [2.75, 3.05) is 12.4 Å². The Hall–Kier alpha value is -2.69. The number of fused-ring (bicyclic) bond motifs is 1. The number of ether oxygens (including phenoxy) is 1. The minimum absolute atomic E-state index is 0.0756. The number of thiazole rings is 1. The predicted octanol–water partition coefficient (Wildman–Crippen LogP) is 3.20. The molecule has 1 aromatic heterocycles. The molecule has 4 N–H and O–H groups in total. The highest BCUT2D eigenvalue weighted by Gasteiger charge is 2.19. The van der Waals surface area contributed by atoms with Crippen molar-refractivity contribution in [1.29, 1.82) is 0 Å². The van der Waals surface area contributed by atoms with Crippen molar-refractivity contribution in [3.63, 3.8) is 0 Å². The smallest absolute Gasteiger partial charge is 0.410 e. The number of hydrogen-bond donors (Lipinski definition) is 3. The zero-order valence-corrected chi connectivity index (χ0v) is 18.1. The van der Waals surface area contributed by atoms with Crippen molar-refractivity contribution in [1.82, 2.24) is 10.3 Å². The zero-order valence-electron chi connectivity index (χ0n) is 16.5. The number of amides is 1. The Balaban J connectivity index is 1.87. The number of benzene rings is 2. The molecule has 3 rings (SSSR count). The van der Waals surface area contributed by atoms with Gasteiger partial charge in [0.25, 0.3) is 0 Å². The van der Waals surface area contributed by atoms with Gasteiger partial charge in [-0.15, -0.1) is 0 Å². The molecule has 2 aromatic carbocycles. The molecule has 0 aliphatic rings. The molecule has 154 valence electrons. The number of nitrogens with one attached hydrogen (secondary N) is 2. The number of aromatic nitrogens is 1. The summed E-state index contributed by atoms with van der Waals surface area (Å²) >= 11 is 1.47. The van der Waals surface area contributed by atoms with E-state index < -0.39 is 16.1 Å². The van der Waals surface area contributed by atoms with E-state index in [0.717, 1.165) is 37.6 Å². The van der Waals surface area contributed by atoms with Gasteiger partial charge in [-0.25, -0.2) is 23.3 Å². The maximum absolute atomic E-state index is 11.7. The lowest BCUT2D eigenvalue weighted by Gasteiger charge is -2.13. The predicted molar refractivity (Wildman–Crippen MR) is 114 cm³/mol. The molecular formula is C19H22N4O4S2. The summed E-state index contributed by atoms with van der Waals surface area (Å²) in [6.45, 7) is 6.23.